The summed E-state index contributed by atoms with van der Waals surface area (Å²) in [6, 6.07) is 0. The molecule has 14 heteroatoms. The van der Waals surface area contributed by atoms with Crippen LogP contribution < -0.4 is 0 Å². The fourth-order valence-corrected chi connectivity index (χ4v) is 15.7. The molecule has 0 amide bonds. The molecule has 8 aliphatic rings. The Morgan fingerprint density at radius 3 is 1.97 bits per heavy atom. The minimum Gasteiger partial charge on any atom is -0.463 e. The normalized spacial score (nSPS) is 47.3. The van der Waals surface area contributed by atoms with Gasteiger partial charge in [-0.25, -0.2) is 0 Å². The second kappa shape index (κ2) is 23.7. The Bertz CT molecular complexity index is 1610. The van der Waals surface area contributed by atoms with Crippen molar-refractivity contribution in [3.63, 3.8) is 0 Å². The molecule has 6 N–H and O–H groups in total. The van der Waals surface area contributed by atoms with E-state index >= 15 is 0 Å². The summed E-state index contributed by atoms with van der Waals surface area (Å²) in [5.41, 5.74) is 0.374. The molecule has 0 aromatic carbocycles. The summed E-state index contributed by atoms with van der Waals surface area (Å²) in [5, 5.41) is 64.9. The van der Waals surface area contributed by atoms with Gasteiger partial charge in [0, 0.05) is 18.8 Å². The van der Waals surface area contributed by atoms with Gasteiger partial charge in [0.1, 0.15) is 55.4 Å². The number of hydrogen-bond donors (Lipinski definition) is 6. The molecule has 4 saturated heterocycles. The summed E-state index contributed by atoms with van der Waals surface area (Å²) < 4.78 is 44.2. The highest BCUT2D eigenvalue weighted by Gasteiger charge is 2.69. The number of carbonyl (C=O) groups excluding carboxylic acids is 1. The molecule has 4 aliphatic carbocycles. The van der Waals surface area contributed by atoms with E-state index in [1.54, 1.807) is 0 Å². The van der Waals surface area contributed by atoms with Gasteiger partial charge in [0.25, 0.3) is 0 Å². The maximum atomic E-state index is 12.9. The first-order chi connectivity index (χ1) is 33.1. The number of fused-ring (bicyclic) bond motifs is 7. The second-order valence-electron chi connectivity index (χ2n) is 24.2. The van der Waals surface area contributed by atoms with E-state index in [2.05, 4.69) is 34.6 Å². The van der Waals surface area contributed by atoms with Gasteiger partial charge in [-0.15, -0.1) is 0 Å². The lowest BCUT2D eigenvalue weighted by Crippen LogP contribution is -2.65. The predicted octanol–water partition coefficient (Wildman–Crippen LogP) is 7.47. The fraction of sp³-hybridized carbons (Fsp3) is 0.982. The number of hydrogen-bond acceptors (Lipinski definition) is 14. The van der Waals surface area contributed by atoms with Crippen molar-refractivity contribution in [1.29, 1.82) is 0 Å². The third kappa shape index (κ3) is 11.5. The van der Waals surface area contributed by atoms with Crippen molar-refractivity contribution in [2.45, 2.75) is 268 Å². The quantitative estimate of drug-likeness (QED) is 0.0376. The van der Waals surface area contributed by atoms with Gasteiger partial charge < -0.3 is 63.8 Å². The van der Waals surface area contributed by atoms with Gasteiger partial charge in [0.2, 0.25) is 0 Å². The summed E-state index contributed by atoms with van der Waals surface area (Å²) in [6.45, 7) is 11.9. The van der Waals surface area contributed by atoms with Crippen molar-refractivity contribution in [3.8, 4) is 0 Å². The Labute approximate surface area is 413 Å². The van der Waals surface area contributed by atoms with Crippen LogP contribution in [0.25, 0.3) is 0 Å². The number of rotatable bonds is 21. The SMILES string of the molecule is CCCCCCCCCCCCCCCC(=O)OC[C@H]1O[C@@H](O[C@H]2CC[C@@]3(C)[C@H](CC[C@@H]4[C@@H]3CC[C@]3(C)[C@@H]5[C@H](C[C@@H]43)O[C@]3(CC[C@@H](C)CO3)[C@H]5C)C2)[C@H](O[C@@H]2O[C@H](CO)[C@@H](O)[C@H](O)[C@H]2O)[C@@H](O)[C@@H]1O. The minimum atomic E-state index is -1.74. The standard InChI is InChI=1S/C55H94O14/c1-6-7-8-9-10-11-12-13-14-15-16-17-18-19-43(57)63-32-42-46(59)48(61)50(68-51-49(62)47(60)45(58)41(30-56)66-51)52(67-42)65-36-23-25-53(4)35(28-36)20-21-37-38(53)24-26-54(5)39(37)29-40-44(54)34(3)55(69-40)27-22-33(2)31-64-55/h33-42,44-52,56,58-62H,6-32H2,1-5H3/t33-,34+,35-,36+,37-,38+,39+,40+,41-,42-,44+,45-,46-,47+,48+,49-,50-,51+,52-,53+,54+,55-/m1/s1. The number of aliphatic hydroxyl groups is 6. The van der Waals surface area contributed by atoms with Crippen LogP contribution in [0.3, 0.4) is 0 Å². The molecule has 22 atom stereocenters. The lowest BCUT2D eigenvalue weighted by Gasteiger charge is -2.61. The highest BCUT2D eigenvalue weighted by molar-refractivity contribution is 5.69. The Morgan fingerprint density at radius 1 is 0.652 bits per heavy atom. The van der Waals surface area contributed by atoms with Crippen LogP contribution in [0, 0.1) is 52.3 Å². The smallest absolute Gasteiger partial charge is 0.305 e. The lowest BCUT2D eigenvalue weighted by molar-refractivity contribution is -0.373. The summed E-state index contributed by atoms with van der Waals surface area (Å²) >= 11 is 0. The molecule has 0 bridgehead atoms. The van der Waals surface area contributed by atoms with Gasteiger partial charge >= 0.3 is 5.97 Å². The molecule has 0 aromatic rings. The third-order valence-corrected chi connectivity index (χ3v) is 19.9. The van der Waals surface area contributed by atoms with E-state index in [9.17, 15) is 35.4 Å². The van der Waals surface area contributed by atoms with Crippen molar-refractivity contribution in [1.82, 2.24) is 0 Å². The molecule has 4 heterocycles. The highest BCUT2D eigenvalue weighted by Crippen LogP contribution is 2.71. The molecule has 8 rings (SSSR count). The van der Waals surface area contributed by atoms with Crippen LogP contribution in [0.4, 0.5) is 0 Å². The first-order valence-electron chi connectivity index (χ1n) is 28.2. The van der Waals surface area contributed by atoms with Gasteiger partial charge in [-0.2, -0.15) is 0 Å². The van der Waals surface area contributed by atoms with Crippen LogP contribution in [0.5, 0.6) is 0 Å². The van der Waals surface area contributed by atoms with Crippen LogP contribution in [-0.2, 0) is 38.0 Å². The zero-order valence-electron chi connectivity index (χ0n) is 43.0. The summed E-state index contributed by atoms with van der Waals surface area (Å²) in [5.74, 6) is 2.96. The predicted molar refractivity (Wildman–Crippen MR) is 257 cm³/mol. The second-order valence-corrected chi connectivity index (χ2v) is 24.2. The van der Waals surface area contributed by atoms with E-state index in [0.29, 0.717) is 47.8 Å². The third-order valence-electron chi connectivity index (χ3n) is 19.9. The number of esters is 1. The largest absolute Gasteiger partial charge is 0.463 e. The van der Waals surface area contributed by atoms with Crippen LogP contribution >= 0.6 is 0 Å². The Balaban J connectivity index is 0.858. The van der Waals surface area contributed by atoms with Crippen molar-refractivity contribution in [2.24, 2.45) is 52.3 Å². The van der Waals surface area contributed by atoms with Crippen molar-refractivity contribution in [2.75, 3.05) is 19.8 Å². The van der Waals surface area contributed by atoms with Crippen molar-refractivity contribution >= 4 is 5.97 Å². The molecule has 14 nitrogen and oxygen atoms in total. The van der Waals surface area contributed by atoms with Crippen LogP contribution in [-0.4, -0.2) is 136 Å². The summed E-state index contributed by atoms with van der Waals surface area (Å²) in [6.07, 6.45) is 11.5. The molecular formula is C55H94O14. The molecule has 8 fully saturated rings. The van der Waals surface area contributed by atoms with E-state index < -0.39 is 79.8 Å². The molecular weight excluding hydrogens is 885 g/mol. The van der Waals surface area contributed by atoms with Crippen molar-refractivity contribution < 1.29 is 68.6 Å². The topological polar surface area (TPSA) is 203 Å². The Kier molecular flexibility index (Phi) is 18.6. The first-order valence-corrected chi connectivity index (χ1v) is 28.2. The average Bonchev–Trinajstić information content (AvgIpc) is 3.79. The molecule has 0 unspecified atom stereocenters. The van der Waals surface area contributed by atoms with E-state index in [0.717, 1.165) is 70.8 Å². The molecule has 0 aromatic heterocycles. The summed E-state index contributed by atoms with van der Waals surface area (Å²) in [4.78, 5) is 12.9. The maximum absolute atomic E-state index is 12.9. The molecule has 4 aliphatic heterocycles. The zero-order valence-corrected chi connectivity index (χ0v) is 43.0. The minimum absolute atomic E-state index is 0.136. The van der Waals surface area contributed by atoms with Gasteiger partial charge in [0.05, 0.1) is 25.4 Å². The van der Waals surface area contributed by atoms with Crippen LogP contribution in [0.15, 0.2) is 0 Å². The van der Waals surface area contributed by atoms with Gasteiger partial charge in [-0.1, -0.05) is 112 Å². The van der Waals surface area contributed by atoms with Crippen LogP contribution in [0.1, 0.15) is 189 Å². The molecule has 69 heavy (non-hydrogen) atoms. The number of aliphatic hydroxyl groups excluding tert-OH is 6. The molecule has 4 saturated carbocycles. The number of carbonyl (C=O) groups is 1. The van der Waals surface area contributed by atoms with Crippen LogP contribution in [0.2, 0.25) is 0 Å². The van der Waals surface area contributed by atoms with E-state index in [1.807, 2.05) is 0 Å². The highest BCUT2D eigenvalue weighted by atomic mass is 16.8. The van der Waals surface area contributed by atoms with E-state index in [1.165, 1.54) is 77.0 Å². The maximum Gasteiger partial charge on any atom is 0.305 e. The van der Waals surface area contributed by atoms with E-state index in [-0.39, 0.29) is 36.1 Å². The first kappa shape index (κ1) is 54.3. The Morgan fingerprint density at radius 2 is 1.30 bits per heavy atom. The van der Waals surface area contributed by atoms with E-state index in [4.69, 9.17) is 33.2 Å². The molecule has 0 radical (unpaired) electrons. The lowest BCUT2D eigenvalue weighted by atomic mass is 9.44. The number of ether oxygens (including phenoxy) is 7. The van der Waals surface area contributed by atoms with Gasteiger partial charge in [0.15, 0.2) is 18.4 Å². The number of unbranched alkanes of at least 4 members (excludes halogenated alkanes) is 12. The average molecular weight is 979 g/mol. The molecule has 1 spiro atoms. The van der Waals surface area contributed by atoms with Gasteiger partial charge in [-0.05, 0) is 111 Å². The Hall–Kier alpha value is -1.01. The summed E-state index contributed by atoms with van der Waals surface area (Å²) in [7, 11) is 0. The molecule has 398 valence electrons. The van der Waals surface area contributed by atoms with Crippen molar-refractivity contribution in [3.05, 3.63) is 0 Å². The monoisotopic (exact) mass is 979 g/mol. The van der Waals surface area contributed by atoms with Gasteiger partial charge in [-0.3, -0.25) is 4.79 Å². The zero-order chi connectivity index (χ0) is 49.1. The fourth-order valence-electron chi connectivity index (χ4n) is 15.7.